The van der Waals surface area contributed by atoms with Gasteiger partial charge in [0.05, 0.1) is 4.90 Å². The molecule has 0 bridgehead atoms. The lowest BCUT2D eigenvalue weighted by Crippen LogP contribution is -2.33. The lowest BCUT2D eigenvalue weighted by molar-refractivity contribution is 0.0998. The van der Waals surface area contributed by atoms with Gasteiger partial charge in [-0.25, -0.2) is 8.42 Å². The molecule has 1 aromatic heterocycles. The third kappa shape index (κ3) is 4.00. The second kappa shape index (κ2) is 7.34. The van der Waals surface area contributed by atoms with Gasteiger partial charge in [0.1, 0.15) is 5.58 Å². The predicted octanol–water partition coefficient (Wildman–Crippen LogP) is 4.37. The predicted molar refractivity (Wildman–Crippen MR) is 106 cm³/mol. The van der Waals surface area contributed by atoms with Gasteiger partial charge < -0.3 is 9.73 Å². The molecule has 1 heterocycles. The molecule has 6 nitrogen and oxygen atoms in total. The Kier molecular flexibility index (Phi) is 5.28. The highest BCUT2D eigenvalue weighted by Gasteiger charge is 2.23. The van der Waals surface area contributed by atoms with Gasteiger partial charge in [-0.1, -0.05) is 11.6 Å². The molecule has 0 radical (unpaired) electrons. The normalized spacial score (nSPS) is 12.1. The number of carbonyl (C=O) groups excluding carboxylic acids is 1. The average Bonchev–Trinajstić information content (AvgIpc) is 3.04. The SMILES string of the molecule is CC(C)N(C)S(=O)(=O)c1ccc(NC(=O)c2cc3cc(Cl)ccc3o2)cc1. The average molecular weight is 407 g/mol. The maximum atomic E-state index is 12.5. The van der Waals surface area contributed by atoms with Gasteiger partial charge in [0.15, 0.2) is 5.76 Å². The molecule has 0 fully saturated rings. The number of amides is 1. The Hall–Kier alpha value is -2.35. The zero-order valence-corrected chi connectivity index (χ0v) is 16.6. The van der Waals surface area contributed by atoms with Gasteiger partial charge in [-0.05, 0) is 62.4 Å². The second-order valence-corrected chi connectivity index (χ2v) is 8.82. The van der Waals surface area contributed by atoms with E-state index in [1.807, 2.05) is 0 Å². The van der Waals surface area contributed by atoms with Crippen LogP contribution in [-0.4, -0.2) is 31.7 Å². The zero-order valence-electron chi connectivity index (χ0n) is 15.1. The van der Waals surface area contributed by atoms with Gasteiger partial charge >= 0.3 is 0 Å². The summed E-state index contributed by atoms with van der Waals surface area (Å²) in [5, 5.41) is 3.97. The summed E-state index contributed by atoms with van der Waals surface area (Å²) in [5.41, 5.74) is 1.02. The van der Waals surface area contributed by atoms with Crippen molar-refractivity contribution in [2.75, 3.05) is 12.4 Å². The largest absolute Gasteiger partial charge is 0.451 e. The highest BCUT2D eigenvalue weighted by molar-refractivity contribution is 7.89. The van der Waals surface area contributed by atoms with E-state index in [1.54, 1.807) is 50.2 Å². The Morgan fingerprint density at radius 2 is 1.78 bits per heavy atom. The zero-order chi connectivity index (χ0) is 19.8. The summed E-state index contributed by atoms with van der Waals surface area (Å²) in [6, 6.07) is 12.5. The fourth-order valence-corrected chi connectivity index (χ4v) is 4.02. The van der Waals surface area contributed by atoms with Crippen molar-refractivity contribution in [1.82, 2.24) is 4.31 Å². The fraction of sp³-hybridized carbons (Fsp3) is 0.211. The Labute approximate surface area is 162 Å². The first-order chi connectivity index (χ1) is 12.7. The number of furan rings is 1. The van der Waals surface area contributed by atoms with E-state index in [-0.39, 0.29) is 16.7 Å². The topological polar surface area (TPSA) is 79.6 Å². The second-order valence-electron chi connectivity index (χ2n) is 6.39. The Morgan fingerprint density at radius 1 is 1.11 bits per heavy atom. The third-order valence-corrected chi connectivity index (χ3v) is 6.50. The first-order valence-corrected chi connectivity index (χ1v) is 10.1. The van der Waals surface area contributed by atoms with Crippen molar-refractivity contribution in [2.24, 2.45) is 0 Å². The number of rotatable bonds is 5. The molecule has 27 heavy (non-hydrogen) atoms. The van der Waals surface area contributed by atoms with Crippen LogP contribution in [0.5, 0.6) is 0 Å². The number of fused-ring (bicyclic) bond motifs is 1. The number of hydrogen-bond donors (Lipinski definition) is 1. The summed E-state index contributed by atoms with van der Waals surface area (Å²) >= 11 is 5.94. The minimum absolute atomic E-state index is 0.142. The number of halogens is 1. The monoisotopic (exact) mass is 406 g/mol. The van der Waals surface area contributed by atoms with E-state index in [0.29, 0.717) is 16.3 Å². The van der Waals surface area contributed by atoms with Crippen molar-refractivity contribution in [2.45, 2.75) is 24.8 Å². The Bertz CT molecular complexity index is 1090. The van der Waals surface area contributed by atoms with Gasteiger partial charge in [0.25, 0.3) is 5.91 Å². The van der Waals surface area contributed by atoms with Crippen LogP contribution in [0.25, 0.3) is 11.0 Å². The van der Waals surface area contributed by atoms with Crippen LogP contribution in [0.1, 0.15) is 24.4 Å². The van der Waals surface area contributed by atoms with Crippen LogP contribution in [0.4, 0.5) is 5.69 Å². The van der Waals surface area contributed by atoms with Crippen molar-refractivity contribution in [3.8, 4) is 0 Å². The molecule has 2 aromatic carbocycles. The molecule has 0 spiro atoms. The van der Waals surface area contributed by atoms with E-state index in [2.05, 4.69) is 5.32 Å². The summed E-state index contributed by atoms with van der Waals surface area (Å²) in [6.45, 7) is 3.60. The first kappa shape index (κ1) is 19.4. The van der Waals surface area contributed by atoms with Crippen LogP contribution < -0.4 is 5.32 Å². The van der Waals surface area contributed by atoms with Gasteiger partial charge in [0, 0.05) is 29.2 Å². The molecule has 3 rings (SSSR count). The molecule has 3 aromatic rings. The van der Waals surface area contributed by atoms with Crippen LogP contribution in [-0.2, 0) is 10.0 Å². The van der Waals surface area contributed by atoms with Gasteiger partial charge in [-0.15, -0.1) is 0 Å². The van der Waals surface area contributed by atoms with Crippen LogP contribution in [0.15, 0.2) is 57.8 Å². The molecule has 1 N–H and O–H groups in total. The van der Waals surface area contributed by atoms with E-state index in [1.165, 1.54) is 23.5 Å². The first-order valence-electron chi connectivity index (χ1n) is 8.27. The highest BCUT2D eigenvalue weighted by Crippen LogP contribution is 2.24. The van der Waals surface area contributed by atoms with Gasteiger partial charge in [-0.3, -0.25) is 4.79 Å². The smallest absolute Gasteiger partial charge is 0.291 e. The van der Waals surface area contributed by atoms with E-state index in [4.69, 9.17) is 16.0 Å². The van der Waals surface area contributed by atoms with Crippen LogP contribution in [0, 0.1) is 0 Å². The standard InChI is InChI=1S/C19H19ClN2O4S/c1-12(2)22(3)27(24,25)16-7-5-15(6-8-16)21-19(23)18-11-13-10-14(20)4-9-17(13)26-18/h4-12H,1-3H3,(H,21,23). The lowest BCUT2D eigenvalue weighted by Gasteiger charge is -2.21. The summed E-state index contributed by atoms with van der Waals surface area (Å²) in [6.07, 6.45) is 0. The van der Waals surface area contributed by atoms with E-state index in [9.17, 15) is 13.2 Å². The summed E-state index contributed by atoms with van der Waals surface area (Å²) in [5.74, 6) is -0.291. The number of nitrogens with zero attached hydrogens (tertiary/aromatic N) is 1. The summed E-state index contributed by atoms with van der Waals surface area (Å²) in [7, 11) is -2.04. The van der Waals surface area contributed by atoms with Crippen LogP contribution >= 0.6 is 11.6 Å². The number of benzene rings is 2. The fourth-order valence-electron chi connectivity index (χ4n) is 2.47. The molecule has 142 valence electrons. The minimum Gasteiger partial charge on any atom is -0.451 e. The summed E-state index contributed by atoms with van der Waals surface area (Å²) < 4.78 is 31.7. The maximum absolute atomic E-state index is 12.5. The molecule has 0 aliphatic heterocycles. The molecule has 0 saturated heterocycles. The van der Waals surface area contributed by atoms with E-state index in [0.717, 1.165) is 5.39 Å². The summed E-state index contributed by atoms with van der Waals surface area (Å²) in [4.78, 5) is 12.5. The highest BCUT2D eigenvalue weighted by atomic mass is 35.5. The lowest BCUT2D eigenvalue weighted by atomic mass is 10.2. The quantitative estimate of drug-likeness (QED) is 0.682. The molecule has 0 saturated carbocycles. The van der Waals surface area contributed by atoms with Crippen molar-refractivity contribution >= 4 is 44.2 Å². The minimum atomic E-state index is -3.57. The van der Waals surface area contributed by atoms with Gasteiger partial charge in [-0.2, -0.15) is 4.31 Å². The molecular weight excluding hydrogens is 388 g/mol. The molecule has 0 atom stereocenters. The van der Waals surface area contributed by atoms with Crippen LogP contribution in [0.3, 0.4) is 0 Å². The molecule has 0 aliphatic carbocycles. The molecule has 0 unspecified atom stereocenters. The van der Waals surface area contributed by atoms with Crippen molar-refractivity contribution in [3.05, 3.63) is 59.3 Å². The number of sulfonamides is 1. The van der Waals surface area contributed by atoms with Crippen molar-refractivity contribution in [1.29, 1.82) is 0 Å². The third-order valence-electron chi connectivity index (χ3n) is 4.22. The van der Waals surface area contributed by atoms with Crippen molar-refractivity contribution < 1.29 is 17.6 Å². The maximum Gasteiger partial charge on any atom is 0.291 e. The van der Waals surface area contributed by atoms with Crippen LogP contribution in [0.2, 0.25) is 5.02 Å². The molecule has 1 amide bonds. The Morgan fingerprint density at radius 3 is 2.41 bits per heavy atom. The number of hydrogen-bond acceptors (Lipinski definition) is 4. The number of carbonyl (C=O) groups is 1. The number of anilines is 1. The molecule has 0 aliphatic rings. The molecule has 8 heteroatoms. The Balaban J connectivity index is 1.78. The molecular formula is C19H19ClN2O4S. The van der Waals surface area contributed by atoms with E-state index < -0.39 is 15.9 Å². The van der Waals surface area contributed by atoms with E-state index >= 15 is 0 Å². The number of nitrogens with one attached hydrogen (secondary N) is 1. The van der Waals surface area contributed by atoms with Gasteiger partial charge in [0.2, 0.25) is 10.0 Å². The van der Waals surface area contributed by atoms with Crippen molar-refractivity contribution in [3.63, 3.8) is 0 Å².